The van der Waals surface area contributed by atoms with E-state index in [1.807, 2.05) is 0 Å². The van der Waals surface area contributed by atoms with Crippen LogP contribution < -0.4 is 15.0 Å². The molecular formula is C21H21ClN2O6S. The molecule has 1 aliphatic heterocycles. The van der Waals surface area contributed by atoms with Crippen molar-refractivity contribution < 1.29 is 23.0 Å². The van der Waals surface area contributed by atoms with Gasteiger partial charge in [0.2, 0.25) is 10.0 Å². The molecule has 0 unspecified atom stereocenters. The molecule has 0 amide bonds. The first-order valence-electron chi connectivity index (χ1n) is 9.70. The number of hydrogen-bond donors (Lipinski definition) is 2. The summed E-state index contributed by atoms with van der Waals surface area (Å²) in [6.45, 7) is 0.598. The fourth-order valence-electron chi connectivity index (χ4n) is 3.38. The lowest BCUT2D eigenvalue weighted by atomic mass is 10.1. The second kappa shape index (κ2) is 8.88. The molecule has 0 fully saturated rings. The summed E-state index contributed by atoms with van der Waals surface area (Å²) < 4.78 is 38.7. The van der Waals surface area contributed by atoms with Crippen LogP contribution in [0.5, 0.6) is 11.5 Å². The molecule has 164 valence electrons. The Bertz CT molecular complexity index is 1260. The maximum atomic E-state index is 13.2. The van der Waals surface area contributed by atoms with Gasteiger partial charge in [-0.3, -0.25) is 4.79 Å². The highest BCUT2D eigenvalue weighted by atomic mass is 35.5. The zero-order valence-electron chi connectivity index (χ0n) is 16.5. The molecule has 31 heavy (non-hydrogen) atoms. The minimum absolute atomic E-state index is 0.0556. The molecule has 2 N–H and O–H groups in total. The van der Waals surface area contributed by atoms with Gasteiger partial charge in [0.1, 0.15) is 13.2 Å². The van der Waals surface area contributed by atoms with Gasteiger partial charge in [-0.05, 0) is 42.8 Å². The number of aliphatic hydroxyl groups is 1. The van der Waals surface area contributed by atoms with Crippen molar-refractivity contribution in [1.29, 1.82) is 0 Å². The number of ether oxygens (including phenoxy) is 2. The summed E-state index contributed by atoms with van der Waals surface area (Å²) in [7, 11) is -3.91. The Balaban J connectivity index is 1.71. The van der Waals surface area contributed by atoms with Crippen LogP contribution in [0.15, 0.2) is 52.2 Å². The van der Waals surface area contributed by atoms with E-state index in [1.54, 1.807) is 18.2 Å². The molecule has 0 aliphatic carbocycles. The van der Waals surface area contributed by atoms with Gasteiger partial charge in [0.15, 0.2) is 11.5 Å². The summed E-state index contributed by atoms with van der Waals surface area (Å²) in [4.78, 5) is 15.6. The summed E-state index contributed by atoms with van der Waals surface area (Å²) >= 11 is 5.88. The first-order valence-corrected chi connectivity index (χ1v) is 11.5. The third kappa shape index (κ3) is 4.54. The average Bonchev–Trinajstić information content (AvgIpc) is 2.75. The van der Waals surface area contributed by atoms with Crippen molar-refractivity contribution in [2.24, 2.45) is 0 Å². The summed E-state index contributed by atoms with van der Waals surface area (Å²) in [6, 6.07) is 10.9. The average molecular weight is 465 g/mol. The second-order valence-corrected chi connectivity index (χ2v) is 9.45. The van der Waals surface area contributed by atoms with Crippen molar-refractivity contribution >= 4 is 32.5 Å². The molecule has 0 spiro atoms. The van der Waals surface area contributed by atoms with E-state index < -0.39 is 15.6 Å². The molecule has 0 radical (unpaired) electrons. The number of hydrogen-bond acceptors (Lipinski definition) is 6. The number of benzene rings is 2. The minimum atomic E-state index is -3.91. The number of nitrogens with one attached hydrogen (secondary N) is 1. The highest BCUT2D eigenvalue weighted by Gasteiger charge is 2.25. The van der Waals surface area contributed by atoms with E-state index in [1.165, 1.54) is 28.6 Å². The first kappa shape index (κ1) is 21.6. The third-order valence-electron chi connectivity index (χ3n) is 4.95. The molecule has 8 nitrogen and oxygen atoms in total. The van der Waals surface area contributed by atoms with Crippen LogP contribution in [0.1, 0.15) is 12.0 Å². The van der Waals surface area contributed by atoms with E-state index in [0.29, 0.717) is 40.6 Å². The molecule has 2 heterocycles. The van der Waals surface area contributed by atoms with Gasteiger partial charge >= 0.3 is 0 Å². The molecule has 4 rings (SSSR count). The van der Waals surface area contributed by atoms with Crippen molar-refractivity contribution in [3.8, 4) is 11.5 Å². The fraction of sp³-hybridized carbons (Fsp3) is 0.286. The van der Waals surface area contributed by atoms with Crippen molar-refractivity contribution in [2.45, 2.75) is 17.9 Å². The lowest BCUT2D eigenvalue weighted by Crippen LogP contribution is -2.34. The van der Waals surface area contributed by atoms with Crippen LogP contribution in [0, 0.1) is 0 Å². The normalized spacial score (nSPS) is 13.6. The Kier molecular flexibility index (Phi) is 6.19. The topological polar surface area (TPSA) is 109 Å². The van der Waals surface area contributed by atoms with Crippen molar-refractivity contribution in [1.82, 2.24) is 9.29 Å². The number of pyridine rings is 1. The van der Waals surface area contributed by atoms with Gasteiger partial charge in [0.05, 0.1) is 10.4 Å². The Morgan fingerprint density at radius 2 is 1.74 bits per heavy atom. The van der Waals surface area contributed by atoms with E-state index in [9.17, 15) is 18.3 Å². The highest BCUT2D eigenvalue weighted by molar-refractivity contribution is 7.89. The molecular weight excluding hydrogens is 444 g/mol. The lowest BCUT2D eigenvalue weighted by molar-refractivity contribution is 0.172. The molecule has 1 aliphatic rings. The molecule has 0 saturated carbocycles. The standard InChI is InChI=1S/C21H21ClN2O6S/c22-16-2-4-17(5-3-16)31(27,28)24(6-1-7-25)13-15-10-14-11-19-20(30-9-8-29-19)12-18(14)23-21(15)26/h2-5,10-12,25H,1,6-9,13H2,(H,23,26). The van der Waals surface area contributed by atoms with Gasteiger partial charge in [0, 0.05) is 41.7 Å². The molecule has 0 saturated heterocycles. The SMILES string of the molecule is O=c1[nH]c2cc3c(cc2cc1CN(CCCO)S(=O)(=O)c1ccc(Cl)cc1)OCCO3. The van der Waals surface area contributed by atoms with Gasteiger partial charge in [-0.1, -0.05) is 11.6 Å². The predicted octanol–water partition coefficient (Wildman–Crippen LogP) is 2.53. The molecule has 0 bridgehead atoms. The smallest absolute Gasteiger partial charge is 0.252 e. The van der Waals surface area contributed by atoms with Gasteiger partial charge in [-0.2, -0.15) is 4.31 Å². The molecule has 3 aromatic rings. The van der Waals surface area contributed by atoms with E-state index >= 15 is 0 Å². The Morgan fingerprint density at radius 1 is 1.06 bits per heavy atom. The number of nitrogens with zero attached hydrogens (tertiary/aromatic N) is 1. The van der Waals surface area contributed by atoms with Crippen molar-refractivity contribution in [3.63, 3.8) is 0 Å². The maximum Gasteiger partial charge on any atom is 0.252 e. The number of rotatable bonds is 7. The van der Waals surface area contributed by atoms with Gasteiger partial charge in [0.25, 0.3) is 5.56 Å². The van der Waals surface area contributed by atoms with Crippen LogP contribution in [-0.2, 0) is 16.6 Å². The minimum Gasteiger partial charge on any atom is -0.486 e. The van der Waals surface area contributed by atoms with E-state index in [-0.39, 0.29) is 36.6 Å². The number of aromatic nitrogens is 1. The number of aliphatic hydroxyl groups excluding tert-OH is 1. The Hall–Kier alpha value is -2.59. The van der Waals surface area contributed by atoms with Gasteiger partial charge < -0.3 is 19.6 Å². The number of H-pyrrole nitrogens is 1. The van der Waals surface area contributed by atoms with Crippen LogP contribution in [0.4, 0.5) is 0 Å². The van der Waals surface area contributed by atoms with Crippen LogP contribution in [-0.4, -0.2) is 49.2 Å². The largest absolute Gasteiger partial charge is 0.486 e. The van der Waals surface area contributed by atoms with Gasteiger partial charge in [-0.25, -0.2) is 8.42 Å². The fourth-order valence-corrected chi connectivity index (χ4v) is 4.97. The lowest BCUT2D eigenvalue weighted by Gasteiger charge is -2.22. The zero-order valence-corrected chi connectivity index (χ0v) is 18.1. The summed E-state index contributed by atoms with van der Waals surface area (Å²) in [5, 5.41) is 10.3. The predicted molar refractivity (Wildman–Crippen MR) is 116 cm³/mol. The quantitative estimate of drug-likeness (QED) is 0.556. The molecule has 2 aromatic carbocycles. The molecule has 10 heteroatoms. The van der Waals surface area contributed by atoms with E-state index in [2.05, 4.69) is 4.98 Å². The number of aromatic amines is 1. The first-order chi connectivity index (χ1) is 14.9. The Morgan fingerprint density at radius 3 is 2.42 bits per heavy atom. The van der Waals surface area contributed by atoms with Gasteiger partial charge in [-0.15, -0.1) is 0 Å². The van der Waals surface area contributed by atoms with Crippen LogP contribution in [0.25, 0.3) is 10.9 Å². The molecule has 0 atom stereocenters. The second-order valence-electron chi connectivity index (χ2n) is 7.08. The highest BCUT2D eigenvalue weighted by Crippen LogP contribution is 2.33. The van der Waals surface area contributed by atoms with Crippen LogP contribution in [0.3, 0.4) is 0 Å². The summed E-state index contributed by atoms with van der Waals surface area (Å²) in [6.07, 6.45) is 0.233. The number of sulfonamides is 1. The number of halogens is 1. The maximum absolute atomic E-state index is 13.2. The summed E-state index contributed by atoms with van der Waals surface area (Å²) in [5.41, 5.74) is 0.449. The third-order valence-corrected chi connectivity index (χ3v) is 7.06. The van der Waals surface area contributed by atoms with Crippen LogP contribution in [0.2, 0.25) is 5.02 Å². The van der Waals surface area contributed by atoms with E-state index in [0.717, 1.165) is 0 Å². The van der Waals surface area contributed by atoms with Crippen molar-refractivity contribution in [3.05, 3.63) is 63.4 Å². The Labute approximate surface area is 184 Å². The van der Waals surface area contributed by atoms with Crippen LogP contribution >= 0.6 is 11.6 Å². The number of fused-ring (bicyclic) bond motifs is 2. The summed E-state index contributed by atoms with van der Waals surface area (Å²) in [5.74, 6) is 1.12. The molecule has 1 aromatic heterocycles. The zero-order chi connectivity index (χ0) is 22.0. The monoisotopic (exact) mass is 464 g/mol. The van der Waals surface area contributed by atoms with E-state index in [4.69, 9.17) is 21.1 Å². The van der Waals surface area contributed by atoms with Crippen molar-refractivity contribution in [2.75, 3.05) is 26.4 Å².